The van der Waals surface area contributed by atoms with Crippen LogP contribution in [0.4, 0.5) is 11.6 Å². The maximum absolute atomic E-state index is 12.6. The van der Waals surface area contributed by atoms with E-state index in [1.54, 1.807) is 31.3 Å². The smallest absolute Gasteiger partial charge is 0.342 e. The van der Waals surface area contributed by atoms with E-state index in [0.717, 1.165) is 25.9 Å². The standard InChI is InChI=1S/C20H25N5O5S/c1-14-11-17(25(23-14)15-6-10-31(28,29)13-15)22-18(26)12-30-20(27)16-5-4-7-21-19(16)24-8-2-3-9-24/h4-5,7,11,15H,2-3,6,8-10,12-13H2,1H3,(H,22,26). The third-order valence-electron chi connectivity index (χ3n) is 5.43. The van der Waals surface area contributed by atoms with Crippen molar-refractivity contribution in [3.8, 4) is 0 Å². The van der Waals surface area contributed by atoms with Crippen LogP contribution in [0.25, 0.3) is 0 Å². The van der Waals surface area contributed by atoms with Crippen molar-refractivity contribution in [1.82, 2.24) is 14.8 Å². The zero-order valence-electron chi connectivity index (χ0n) is 17.3. The van der Waals surface area contributed by atoms with E-state index in [2.05, 4.69) is 15.4 Å². The number of aromatic nitrogens is 3. The number of hydrogen-bond acceptors (Lipinski definition) is 8. The van der Waals surface area contributed by atoms with Gasteiger partial charge >= 0.3 is 5.97 Å². The fourth-order valence-electron chi connectivity index (χ4n) is 3.98. The van der Waals surface area contributed by atoms with Crippen molar-refractivity contribution in [1.29, 1.82) is 0 Å². The second-order valence-corrected chi connectivity index (χ2v) is 10.1. The fraction of sp³-hybridized carbons (Fsp3) is 0.500. The van der Waals surface area contributed by atoms with Gasteiger partial charge in [-0.15, -0.1) is 0 Å². The average Bonchev–Trinajstić information content (AvgIpc) is 3.46. The highest BCUT2D eigenvalue weighted by Gasteiger charge is 2.31. The van der Waals surface area contributed by atoms with Crippen molar-refractivity contribution >= 4 is 33.3 Å². The lowest BCUT2D eigenvalue weighted by molar-refractivity contribution is -0.119. The molecule has 2 aromatic rings. The summed E-state index contributed by atoms with van der Waals surface area (Å²) < 4.78 is 30.3. The molecule has 166 valence electrons. The van der Waals surface area contributed by atoms with Crippen LogP contribution in [0.15, 0.2) is 24.4 Å². The second kappa shape index (κ2) is 8.66. The SMILES string of the molecule is Cc1cc(NC(=O)COC(=O)c2cccnc2N2CCCC2)n(C2CCS(=O)(=O)C2)n1. The van der Waals surface area contributed by atoms with E-state index < -0.39 is 28.3 Å². The van der Waals surface area contributed by atoms with Gasteiger partial charge in [0.05, 0.1) is 23.2 Å². The molecule has 11 heteroatoms. The summed E-state index contributed by atoms with van der Waals surface area (Å²) in [6, 6.07) is 4.64. The average molecular weight is 448 g/mol. The van der Waals surface area contributed by atoms with Gasteiger partial charge in [-0.05, 0) is 38.3 Å². The summed E-state index contributed by atoms with van der Waals surface area (Å²) in [5, 5.41) is 7.00. The molecule has 10 nitrogen and oxygen atoms in total. The van der Waals surface area contributed by atoms with E-state index in [0.29, 0.717) is 29.3 Å². The Morgan fingerprint density at radius 3 is 2.77 bits per heavy atom. The number of aryl methyl sites for hydroxylation is 1. The van der Waals surface area contributed by atoms with Gasteiger partial charge in [-0.3, -0.25) is 4.79 Å². The molecule has 2 aliphatic rings. The number of pyridine rings is 1. The van der Waals surface area contributed by atoms with Crippen LogP contribution in [0.3, 0.4) is 0 Å². The van der Waals surface area contributed by atoms with Gasteiger partial charge in [0.25, 0.3) is 5.91 Å². The number of hydrogen-bond donors (Lipinski definition) is 1. The lowest BCUT2D eigenvalue weighted by atomic mass is 10.2. The molecule has 2 aliphatic heterocycles. The zero-order valence-corrected chi connectivity index (χ0v) is 18.1. The predicted octanol–water partition coefficient (Wildman–Crippen LogP) is 1.34. The van der Waals surface area contributed by atoms with Crippen LogP contribution >= 0.6 is 0 Å². The summed E-state index contributed by atoms with van der Waals surface area (Å²) in [4.78, 5) is 31.3. The number of ether oxygens (including phenoxy) is 1. The fourth-order valence-corrected chi connectivity index (χ4v) is 5.67. The maximum Gasteiger partial charge on any atom is 0.342 e. The number of esters is 1. The van der Waals surface area contributed by atoms with E-state index in [4.69, 9.17) is 4.74 Å². The highest BCUT2D eigenvalue weighted by atomic mass is 32.2. The molecule has 0 radical (unpaired) electrons. The number of carbonyl (C=O) groups excluding carboxylic acids is 2. The van der Waals surface area contributed by atoms with E-state index >= 15 is 0 Å². The number of sulfone groups is 1. The van der Waals surface area contributed by atoms with Crippen LogP contribution in [0, 0.1) is 6.92 Å². The minimum absolute atomic E-state index is 0.00768. The number of rotatable bonds is 6. The monoisotopic (exact) mass is 447 g/mol. The van der Waals surface area contributed by atoms with Gasteiger partial charge in [0, 0.05) is 25.4 Å². The molecule has 0 saturated carbocycles. The Morgan fingerprint density at radius 1 is 1.29 bits per heavy atom. The van der Waals surface area contributed by atoms with Crippen molar-refractivity contribution in [2.45, 2.75) is 32.2 Å². The zero-order chi connectivity index (χ0) is 22.0. The summed E-state index contributed by atoms with van der Waals surface area (Å²) >= 11 is 0. The molecule has 1 amide bonds. The Bertz CT molecular complexity index is 1090. The lowest BCUT2D eigenvalue weighted by Crippen LogP contribution is -2.26. The van der Waals surface area contributed by atoms with E-state index in [9.17, 15) is 18.0 Å². The first kappa shape index (κ1) is 21.3. The molecule has 0 bridgehead atoms. The van der Waals surface area contributed by atoms with E-state index in [-0.39, 0.29) is 17.5 Å². The molecule has 2 fully saturated rings. The van der Waals surface area contributed by atoms with Gasteiger partial charge in [-0.2, -0.15) is 5.10 Å². The summed E-state index contributed by atoms with van der Waals surface area (Å²) in [6.07, 6.45) is 4.16. The predicted molar refractivity (Wildman–Crippen MR) is 114 cm³/mol. The first-order chi connectivity index (χ1) is 14.8. The van der Waals surface area contributed by atoms with Crippen molar-refractivity contribution in [2.75, 3.05) is 41.4 Å². The van der Waals surface area contributed by atoms with E-state index in [1.165, 1.54) is 4.68 Å². The molecule has 1 atom stereocenters. The Hall–Kier alpha value is -2.95. The molecular weight excluding hydrogens is 422 g/mol. The Balaban J connectivity index is 1.39. The second-order valence-electron chi connectivity index (χ2n) is 7.87. The van der Waals surface area contributed by atoms with Gasteiger partial charge in [0.15, 0.2) is 16.4 Å². The van der Waals surface area contributed by atoms with Crippen molar-refractivity contribution in [2.24, 2.45) is 0 Å². The van der Waals surface area contributed by atoms with Gasteiger partial charge in [-0.25, -0.2) is 22.9 Å². The Morgan fingerprint density at radius 2 is 2.06 bits per heavy atom. The quantitative estimate of drug-likeness (QED) is 0.658. The summed E-state index contributed by atoms with van der Waals surface area (Å²) in [7, 11) is -3.10. The van der Waals surface area contributed by atoms with Crippen molar-refractivity contribution < 1.29 is 22.7 Å². The first-order valence-electron chi connectivity index (χ1n) is 10.3. The molecule has 2 aromatic heterocycles. The number of nitrogens with zero attached hydrogens (tertiary/aromatic N) is 4. The topological polar surface area (TPSA) is 123 Å². The third-order valence-corrected chi connectivity index (χ3v) is 7.18. The van der Waals surface area contributed by atoms with Crippen LogP contribution in [-0.2, 0) is 19.4 Å². The molecule has 0 aromatic carbocycles. The summed E-state index contributed by atoms with van der Waals surface area (Å²) in [5.41, 5.74) is 0.983. The van der Waals surface area contributed by atoms with Crippen LogP contribution in [0.2, 0.25) is 0 Å². The highest BCUT2D eigenvalue weighted by molar-refractivity contribution is 7.91. The number of anilines is 2. The molecule has 4 heterocycles. The molecule has 31 heavy (non-hydrogen) atoms. The Labute approximate surface area is 180 Å². The van der Waals surface area contributed by atoms with Crippen LogP contribution < -0.4 is 10.2 Å². The maximum atomic E-state index is 12.6. The van der Waals surface area contributed by atoms with Gasteiger partial charge < -0.3 is 15.0 Å². The molecule has 1 N–H and O–H groups in total. The van der Waals surface area contributed by atoms with Crippen LogP contribution in [-0.4, -0.2) is 66.3 Å². The largest absolute Gasteiger partial charge is 0.452 e. The molecule has 4 rings (SSSR count). The number of amides is 1. The summed E-state index contributed by atoms with van der Waals surface area (Å²) in [6.45, 7) is 2.95. The molecular formula is C20H25N5O5S. The molecule has 2 saturated heterocycles. The summed E-state index contributed by atoms with van der Waals surface area (Å²) in [5.74, 6) is -0.0850. The van der Waals surface area contributed by atoms with Crippen LogP contribution in [0.5, 0.6) is 0 Å². The van der Waals surface area contributed by atoms with E-state index in [1.807, 2.05) is 4.90 Å². The first-order valence-corrected chi connectivity index (χ1v) is 12.1. The highest BCUT2D eigenvalue weighted by Crippen LogP contribution is 2.27. The lowest BCUT2D eigenvalue weighted by Gasteiger charge is -2.19. The van der Waals surface area contributed by atoms with Crippen molar-refractivity contribution in [3.63, 3.8) is 0 Å². The number of nitrogens with one attached hydrogen (secondary N) is 1. The normalized spacial score (nSPS) is 20.0. The van der Waals surface area contributed by atoms with Crippen LogP contribution in [0.1, 0.15) is 41.4 Å². The minimum Gasteiger partial charge on any atom is -0.452 e. The van der Waals surface area contributed by atoms with Gasteiger partial charge in [0.2, 0.25) is 0 Å². The molecule has 1 unspecified atom stereocenters. The minimum atomic E-state index is -3.10. The van der Waals surface area contributed by atoms with Gasteiger partial charge in [-0.1, -0.05) is 0 Å². The Kier molecular flexibility index (Phi) is 5.94. The molecule has 0 spiro atoms. The van der Waals surface area contributed by atoms with Gasteiger partial charge in [0.1, 0.15) is 17.2 Å². The third kappa shape index (κ3) is 4.87. The van der Waals surface area contributed by atoms with Crippen molar-refractivity contribution in [3.05, 3.63) is 35.7 Å². The number of carbonyl (C=O) groups is 2. The molecule has 0 aliphatic carbocycles.